The van der Waals surface area contributed by atoms with Crippen molar-refractivity contribution in [3.63, 3.8) is 0 Å². The third-order valence-corrected chi connectivity index (χ3v) is 4.01. The van der Waals surface area contributed by atoms with Crippen LogP contribution in [0, 0.1) is 34.0 Å². The third kappa shape index (κ3) is 3.24. The van der Waals surface area contributed by atoms with Gasteiger partial charge in [0, 0.05) is 0 Å². The van der Waals surface area contributed by atoms with Gasteiger partial charge in [-0.1, -0.05) is 20.8 Å². The molecule has 0 unspecified atom stereocenters. The lowest BCUT2D eigenvalue weighted by molar-refractivity contribution is 0.918. The summed E-state index contributed by atoms with van der Waals surface area (Å²) in [6, 6.07) is 6.73. The lowest BCUT2D eigenvalue weighted by atomic mass is 9.81. The van der Waals surface area contributed by atoms with E-state index in [2.05, 4.69) is 39.0 Å². The first-order valence-electron chi connectivity index (χ1n) is 7.47. The van der Waals surface area contributed by atoms with E-state index in [4.69, 9.17) is 15.8 Å². The second-order valence-electron chi connectivity index (χ2n) is 4.94. The molecule has 0 aliphatic rings. The normalized spacial score (nSPS) is 9.71. The summed E-state index contributed by atoms with van der Waals surface area (Å²) >= 11 is 0. The highest BCUT2D eigenvalue weighted by atomic mass is 14.3. The van der Waals surface area contributed by atoms with Gasteiger partial charge >= 0.3 is 0 Å². The summed E-state index contributed by atoms with van der Waals surface area (Å²) < 4.78 is 0. The quantitative estimate of drug-likeness (QED) is 0.799. The molecular weight excluding hydrogens is 258 g/mol. The van der Waals surface area contributed by atoms with Gasteiger partial charge in [-0.3, -0.25) is 0 Å². The molecule has 0 saturated carbocycles. The molecule has 0 amide bonds. The fraction of sp³-hybridized carbons (Fsp3) is 0.500. The van der Waals surface area contributed by atoms with E-state index >= 15 is 0 Å². The van der Waals surface area contributed by atoms with Gasteiger partial charge in [-0.15, -0.1) is 0 Å². The Bertz CT molecular complexity index is 525. The minimum absolute atomic E-state index is 0.354. The van der Waals surface area contributed by atoms with Crippen molar-refractivity contribution in [2.24, 2.45) is 0 Å². The maximum absolute atomic E-state index is 9.15. The van der Waals surface area contributed by atoms with Crippen LogP contribution in [0.1, 0.15) is 54.2 Å². The average Bonchev–Trinajstić information content (AvgIpc) is 2.49. The van der Waals surface area contributed by atoms with E-state index in [1.165, 1.54) is 0 Å². The summed E-state index contributed by atoms with van der Waals surface area (Å²) in [6.45, 7) is 6.21. The molecule has 0 saturated heterocycles. The minimum Gasteiger partial charge on any atom is -0.198 e. The van der Waals surface area contributed by atoms with Gasteiger partial charge in [-0.2, -0.15) is 15.8 Å². The second-order valence-corrected chi connectivity index (χ2v) is 4.94. The average molecular weight is 279 g/mol. The number of rotatable bonds is 6. The van der Waals surface area contributed by atoms with Crippen LogP contribution in [0.4, 0.5) is 0 Å². The summed E-state index contributed by atoms with van der Waals surface area (Å²) in [6.07, 6.45) is 3.52. The minimum atomic E-state index is 0.354. The monoisotopic (exact) mass is 279 g/mol. The molecule has 0 aliphatic carbocycles. The van der Waals surface area contributed by atoms with E-state index in [0.29, 0.717) is 19.3 Å². The van der Waals surface area contributed by atoms with Crippen molar-refractivity contribution in [2.45, 2.75) is 59.3 Å². The first-order valence-corrected chi connectivity index (χ1v) is 7.47. The molecule has 0 fully saturated rings. The summed E-state index contributed by atoms with van der Waals surface area (Å²) in [4.78, 5) is 0. The Morgan fingerprint density at radius 2 is 0.762 bits per heavy atom. The Hall–Kier alpha value is -2.31. The standard InChI is InChI=1S/C18H21N3/c1-4-13-16(7-10-19)14(5-2)18(9-12-21)15(6-3)17(13)8-11-20/h4-9H2,1-3H3. The first kappa shape index (κ1) is 16.7. The highest BCUT2D eigenvalue weighted by Gasteiger charge is 2.20. The molecule has 0 spiro atoms. The molecule has 0 N–H and O–H groups in total. The maximum Gasteiger partial charge on any atom is 0.0669 e. The highest BCUT2D eigenvalue weighted by molar-refractivity contribution is 5.54. The predicted octanol–water partition coefficient (Wildman–Crippen LogP) is 3.57. The van der Waals surface area contributed by atoms with E-state index in [1.54, 1.807) is 0 Å². The molecule has 0 atom stereocenters. The van der Waals surface area contributed by atoms with Gasteiger partial charge in [0.2, 0.25) is 0 Å². The van der Waals surface area contributed by atoms with Crippen LogP contribution in [-0.2, 0) is 38.5 Å². The van der Waals surface area contributed by atoms with E-state index < -0.39 is 0 Å². The van der Waals surface area contributed by atoms with Gasteiger partial charge in [-0.05, 0) is 52.6 Å². The number of hydrogen-bond acceptors (Lipinski definition) is 3. The Balaban J connectivity index is 3.83. The summed E-state index contributed by atoms with van der Waals surface area (Å²) in [5.74, 6) is 0. The van der Waals surface area contributed by atoms with Crippen molar-refractivity contribution in [3.05, 3.63) is 33.4 Å². The van der Waals surface area contributed by atoms with Crippen molar-refractivity contribution in [1.29, 1.82) is 15.8 Å². The maximum atomic E-state index is 9.15. The van der Waals surface area contributed by atoms with Crippen molar-refractivity contribution < 1.29 is 0 Å². The summed E-state index contributed by atoms with van der Waals surface area (Å²) in [5, 5.41) is 27.4. The van der Waals surface area contributed by atoms with Crippen molar-refractivity contribution in [2.75, 3.05) is 0 Å². The second kappa shape index (κ2) is 8.08. The number of nitrogens with zero attached hydrogens (tertiary/aromatic N) is 3. The molecule has 1 rings (SSSR count). The summed E-state index contributed by atoms with van der Waals surface area (Å²) in [5.41, 5.74) is 6.59. The smallest absolute Gasteiger partial charge is 0.0669 e. The van der Waals surface area contributed by atoms with Crippen LogP contribution in [-0.4, -0.2) is 0 Å². The highest BCUT2D eigenvalue weighted by Crippen LogP contribution is 2.31. The summed E-state index contributed by atoms with van der Waals surface area (Å²) in [7, 11) is 0. The molecule has 1 aromatic rings. The Morgan fingerprint density at radius 1 is 0.524 bits per heavy atom. The van der Waals surface area contributed by atoms with Gasteiger partial charge in [0.05, 0.1) is 37.5 Å². The largest absolute Gasteiger partial charge is 0.198 e. The van der Waals surface area contributed by atoms with Gasteiger partial charge in [0.15, 0.2) is 0 Å². The zero-order chi connectivity index (χ0) is 15.8. The van der Waals surface area contributed by atoms with Crippen LogP contribution >= 0.6 is 0 Å². The van der Waals surface area contributed by atoms with Crippen LogP contribution in [0.5, 0.6) is 0 Å². The van der Waals surface area contributed by atoms with Crippen molar-refractivity contribution in [1.82, 2.24) is 0 Å². The predicted molar refractivity (Wildman–Crippen MR) is 82.5 cm³/mol. The third-order valence-electron chi connectivity index (χ3n) is 4.01. The fourth-order valence-electron chi connectivity index (χ4n) is 3.25. The van der Waals surface area contributed by atoms with Crippen LogP contribution in [0.25, 0.3) is 0 Å². The molecule has 3 nitrogen and oxygen atoms in total. The zero-order valence-corrected chi connectivity index (χ0v) is 13.1. The van der Waals surface area contributed by atoms with Crippen molar-refractivity contribution in [3.8, 4) is 18.2 Å². The van der Waals surface area contributed by atoms with E-state index in [9.17, 15) is 0 Å². The lowest BCUT2D eigenvalue weighted by Crippen LogP contribution is -2.12. The Kier molecular flexibility index (Phi) is 6.45. The van der Waals surface area contributed by atoms with Gasteiger partial charge < -0.3 is 0 Å². The van der Waals surface area contributed by atoms with Crippen LogP contribution in [0.15, 0.2) is 0 Å². The first-order chi connectivity index (χ1) is 10.2. The Labute approximate surface area is 127 Å². The molecule has 3 heteroatoms. The van der Waals surface area contributed by atoms with Gasteiger partial charge in [0.1, 0.15) is 0 Å². The van der Waals surface area contributed by atoms with Gasteiger partial charge in [-0.25, -0.2) is 0 Å². The molecule has 0 bridgehead atoms. The number of hydrogen-bond donors (Lipinski definition) is 0. The fourth-order valence-corrected chi connectivity index (χ4v) is 3.25. The Morgan fingerprint density at radius 3 is 0.905 bits per heavy atom. The van der Waals surface area contributed by atoms with Crippen LogP contribution < -0.4 is 0 Å². The lowest BCUT2D eigenvalue weighted by Gasteiger charge is -2.23. The van der Waals surface area contributed by atoms with E-state index in [-0.39, 0.29) is 0 Å². The zero-order valence-electron chi connectivity index (χ0n) is 13.1. The molecule has 0 radical (unpaired) electrons. The molecule has 108 valence electrons. The van der Waals surface area contributed by atoms with E-state index in [1.807, 2.05) is 0 Å². The molecule has 0 aromatic heterocycles. The van der Waals surface area contributed by atoms with Crippen molar-refractivity contribution >= 4 is 0 Å². The number of nitriles is 3. The molecule has 0 aliphatic heterocycles. The number of benzene rings is 1. The van der Waals surface area contributed by atoms with Gasteiger partial charge in [0.25, 0.3) is 0 Å². The molecule has 21 heavy (non-hydrogen) atoms. The molecular formula is C18H21N3. The topological polar surface area (TPSA) is 71.4 Å². The SMILES string of the molecule is CCc1c(CC#N)c(CC)c(CC#N)c(CC)c1CC#N. The van der Waals surface area contributed by atoms with Crippen LogP contribution in [0.3, 0.4) is 0 Å². The van der Waals surface area contributed by atoms with E-state index in [0.717, 1.165) is 52.6 Å². The molecule has 1 aromatic carbocycles. The van der Waals surface area contributed by atoms with Crippen LogP contribution in [0.2, 0.25) is 0 Å². The molecule has 0 heterocycles.